The number of amides is 4. The summed E-state index contributed by atoms with van der Waals surface area (Å²) in [6, 6.07) is 23.9. The van der Waals surface area contributed by atoms with E-state index in [0.29, 0.717) is 23.5 Å². The van der Waals surface area contributed by atoms with Crippen LogP contribution in [0.4, 0.5) is 16.2 Å². The Kier molecular flexibility index (Phi) is 8.87. The predicted molar refractivity (Wildman–Crippen MR) is 162 cm³/mol. The van der Waals surface area contributed by atoms with Crippen LogP contribution in [0.15, 0.2) is 96.6 Å². The molecule has 0 spiro atoms. The number of hydrogen-bond donors (Lipinski definition) is 1. The highest BCUT2D eigenvalue weighted by atomic mass is 35.5. The van der Waals surface area contributed by atoms with Gasteiger partial charge in [0.25, 0.3) is 17.5 Å². The molecule has 0 atom stereocenters. The predicted octanol–water partition coefficient (Wildman–Crippen LogP) is 6.08. The molecular weight excluding hydrogens is 590 g/mol. The second-order valence-electron chi connectivity index (χ2n) is 9.47. The van der Waals surface area contributed by atoms with Gasteiger partial charge in [-0.25, -0.2) is 9.69 Å². The van der Waals surface area contributed by atoms with Crippen LogP contribution in [-0.4, -0.2) is 29.9 Å². The van der Waals surface area contributed by atoms with E-state index in [2.05, 4.69) is 5.32 Å². The molecule has 0 saturated carbocycles. The lowest BCUT2D eigenvalue weighted by atomic mass is 10.1. The number of anilines is 1. The van der Waals surface area contributed by atoms with Crippen LogP contribution in [0, 0.1) is 10.1 Å². The van der Waals surface area contributed by atoms with Crippen molar-refractivity contribution in [1.82, 2.24) is 5.32 Å². The highest BCUT2D eigenvalue weighted by molar-refractivity contribution is 6.39. The maximum absolute atomic E-state index is 13.4. The van der Waals surface area contributed by atoms with Crippen molar-refractivity contribution in [3.8, 4) is 17.2 Å². The molecule has 4 aromatic carbocycles. The Labute approximate surface area is 256 Å². The molecule has 12 heteroatoms. The fourth-order valence-corrected chi connectivity index (χ4v) is 4.60. The molecule has 0 aliphatic carbocycles. The number of nitrogens with zero attached hydrogens (tertiary/aromatic N) is 2. The standard InChI is InChI=1S/C32H24ClN3O8/c1-42-28-17-22(16-27(33)29(28)44-19-21-7-9-24(10-8-21)36(40)41)15-26-30(37)34-32(39)35(31(26)38)23-11-13-25(14-12-23)43-18-20-5-3-2-4-6-20/h2-17H,18-19H2,1H3,(H,34,37,39)/b26-15+. The first-order chi connectivity index (χ1) is 21.2. The molecule has 0 radical (unpaired) electrons. The number of nitrogens with one attached hydrogen (secondary N) is 1. The highest BCUT2D eigenvalue weighted by Crippen LogP contribution is 2.38. The van der Waals surface area contributed by atoms with Gasteiger partial charge in [-0.05, 0) is 71.3 Å². The van der Waals surface area contributed by atoms with Gasteiger partial charge in [0.05, 0.1) is 22.7 Å². The van der Waals surface area contributed by atoms with E-state index >= 15 is 0 Å². The van der Waals surface area contributed by atoms with Crippen LogP contribution >= 0.6 is 11.6 Å². The summed E-state index contributed by atoms with van der Waals surface area (Å²) in [7, 11) is 1.40. The minimum absolute atomic E-state index is 0.0442. The van der Waals surface area contributed by atoms with Gasteiger partial charge >= 0.3 is 6.03 Å². The second kappa shape index (κ2) is 13.1. The molecule has 1 aliphatic rings. The number of non-ortho nitro benzene ring substituents is 1. The Hall–Kier alpha value is -5.68. The monoisotopic (exact) mass is 613 g/mol. The fourth-order valence-electron chi connectivity index (χ4n) is 4.32. The molecule has 1 heterocycles. The third-order valence-corrected chi connectivity index (χ3v) is 6.82. The van der Waals surface area contributed by atoms with Gasteiger partial charge in [0.15, 0.2) is 11.5 Å². The molecule has 1 fully saturated rings. The lowest BCUT2D eigenvalue weighted by molar-refractivity contribution is -0.384. The largest absolute Gasteiger partial charge is 0.493 e. The van der Waals surface area contributed by atoms with E-state index in [0.717, 1.165) is 10.5 Å². The van der Waals surface area contributed by atoms with Crippen molar-refractivity contribution in [3.05, 3.63) is 128 Å². The van der Waals surface area contributed by atoms with E-state index in [4.69, 9.17) is 25.8 Å². The van der Waals surface area contributed by atoms with Crippen LogP contribution in [0.3, 0.4) is 0 Å². The van der Waals surface area contributed by atoms with E-state index in [9.17, 15) is 24.5 Å². The number of methoxy groups -OCH3 is 1. The summed E-state index contributed by atoms with van der Waals surface area (Å²) < 4.78 is 17.0. The van der Waals surface area contributed by atoms with Crippen molar-refractivity contribution in [2.75, 3.05) is 12.0 Å². The number of nitro groups is 1. The van der Waals surface area contributed by atoms with Crippen molar-refractivity contribution < 1.29 is 33.5 Å². The summed E-state index contributed by atoms with van der Waals surface area (Å²) in [6.45, 7) is 0.389. The smallest absolute Gasteiger partial charge is 0.335 e. The van der Waals surface area contributed by atoms with Crippen LogP contribution in [0.25, 0.3) is 6.08 Å². The normalized spacial score (nSPS) is 13.9. The molecule has 0 aromatic heterocycles. The first kappa shape index (κ1) is 29.8. The van der Waals surface area contributed by atoms with Gasteiger partial charge in [0.2, 0.25) is 0 Å². The number of nitro benzene ring substituents is 1. The van der Waals surface area contributed by atoms with E-state index in [-0.39, 0.29) is 40.1 Å². The number of urea groups is 1. The van der Waals surface area contributed by atoms with Crippen molar-refractivity contribution in [1.29, 1.82) is 0 Å². The van der Waals surface area contributed by atoms with Crippen LogP contribution < -0.4 is 24.4 Å². The van der Waals surface area contributed by atoms with Crippen molar-refractivity contribution in [2.24, 2.45) is 0 Å². The average Bonchev–Trinajstić information content (AvgIpc) is 3.02. The zero-order valence-electron chi connectivity index (χ0n) is 23.2. The molecule has 4 amide bonds. The molecule has 0 bridgehead atoms. The third-order valence-electron chi connectivity index (χ3n) is 6.54. The quantitative estimate of drug-likeness (QED) is 0.0983. The molecule has 222 valence electrons. The molecule has 44 heavy (non-hydrogen) atoms. The number of halogens is 1. The third kappa shape index (κ3) is 6.69. The number of ether oxygens (including phenoxy) is 3. The lowest BCUT2D eigenvalue weighted by Gasteiger charge is -2.26. The zero-order chi connectivity index (χ0) is 31.2. The molecule has 4 aromatic rings. The maximum atomic E-state index is 13.4. The van der Waals surface area contributed by atoms with Crippen LogP contribution in [0.1, 0.15) is 16.7 Å². The summed E-state index contributed by atoms with van der Waals surface area (Å²) >= 11 is 6.48. The van der Waals surface area contributed by atoms with Gasteiger partial charge in [0, 0.05) is 12.1 Å². The van der Waals surface area contributed by atoms with Gasteiger partial charge in [-0.2, -0.15) is 0 Å². The molecule has 11 nitrogen and oxygen atoms in total. The highest BCUT2D eigenvalue weighted by Gasteiger charge is 2.37. The van der Waals surface area contributed by atoms with Crippen LogP contribution in [0.2, 0.25) is 5.02 Å². The van der Waals surface area contributed by atoms with Crippen molar-refractivity contribution >= 4 is 46.9 Å². The minimum atomic E-state index is -0.888. The number of carbonyl (C=O) groups is 3. The topological polar surface area (TPSA) is 137 Å². The van der Waals surface area contributed by atoms with E-state index in [1.165, 1.54) is 37.5 Å². The van der Waals surface area contributed by atoms with Gasteiger partial charge < -0.3 is 14.2 Å². The number of benzene rings is 4. The van der Waals surface area contributed by atoms with Gasteiger partial charge in [-0.3, -0.25) is 25.0 Å². The lowest BCUT2D eigenvalue weighted by Crippen LogP contribution is -2.54. The first-order valence-corrected chi connectivity index (χ1v) is 13.5. The molecule has 1 saturated heterocycles. The van der Waals surface area contributed by atoms with Crippen molar-refractivity contribution in [3.63, 3.8) is 0 Å². The Balaban J connectivity index is 1.33. The minimum Gasteiger partial charge on any atom is -0.493 e. The van der Waals surface area contributed by atoms with Gasteiger partial charge in [-0.15, -0.1) is 0 Å². The zero-order valence-corrected chi connectivity index (χ0v) is 23.9. The Morgan fingerprint density at radius 1 is 0.886 bits per heavy atom. The summed E-state index contributed by atoms with van der Waals surface area (Å²) in [5.41, 5.74) is 1.87. The summed E-state index contributed by atoms with van der Waals surface area (Å²) in [5.74, 6) is -0.751. The summed E-state index contributed by atoms with van der Waals surface area (Å²) in [6.07, 6.45) is 1.29. The number of rotatable bonds is 10. The van der Waals surface area contributed by atoms with Crippen LogP contribution in [-0.2, 0) is 22.8 Å². The molecule has 1 aliphatic heterocycles. The van der Waals surface area contributed by atoms with E-state index < -0.39 is 22.8 Å². The number of hydrogen-bond acceptors (Lipinski definition) is 8. The van der Waals surface area contributed by atoms with E-state index in [1.54, 1.807) is 36.4 Å². The number of barbiturate groups is 1. The molecule has 1 N–H and O–H groups in total. The van der Waals surface area contributed by atoms with Gasteiger partial charge in [0.1, 0.15) is 24.5 Å². The fraction of sp³-hybridized carbons (Fsp3) is 0.0938. The van der Waals surface area contributed by atoms with E-state index in [1.807, 2.05) is 30.3 Å². The molecule has 0 unspecified atom stereocenters. The Bertz CT molecular complexity index is 1760. The first-order valence-electron chi connectivity index (χ1n) is 13.2. The van der Waals surface area contributed by atoms with Crippen molar-refractivity contribution in [2.45, 2.75) is 13.2 Å². The average molecular weight is 614 g/mol. The molecule has 5 rings (SSSR count). The maximum Gasteiger partial charge on any atom is 0.335 e. The summed E-state index contributed by atoms with van der Waals surface area (Å²) in [4.78, 5) is 50.0. The molecular formula is C32H24ClN3O8. The second-order valence-corrected chi connectivity index (χ2v) is 9.88. The Morgan fingerprint density at radius 2 is 1.55 bits per heavy atom. The summed E-state index contributed by atoms with van der Waals surface area (Å²) in [5, 5.41) is 13.2. The van der Waals surface area contributed by atoms with Gasteiger partial charge in [-0.1, -0.05) is 41.9 Å². The number of carbonyl (C=O) groups excluding carboxylic acids is 3. The SMILES string of the molecule is COc1cc(/C=C2\C(=O)NC(=O)N(c3ccc(OCc4ccccc4)cc3)C2=O)cc(Cl)c1OCc1ccc([N+](=O)[O-])cc1. The van der Waals surface area contributed by atoms with Crippen LogP contribution in [0.5, 0.6) is 17.2 Å². The number of imide groups is 2. The Morgan fingerprint density at radius 3 is 2.20 bits per heavy atom.